The summed E-state index contributed by atoms with van der Waals surface area (Å²) in [6.45, 7) is 21.7. The molecule has 3 nitrogen and oxygen atoms in total. The van der Waals surface area contributed by atoms with Crippen LogP contribution in [-0.2, 0) is 5.31 Å². The van der Waals surface area contributed by atoms with E-state index in [4.69, 9.17) is 17.4 Å². The highest BCUT2D eigenvalue weighted by atomic mass is 16.4. The number of benzene rings is 3. The summed E-state index contributed by atoms with van der Waals surface area (Å²) in [5, 5.41) is 9.02. The molecule has 2 radical (unpaired) electrons. The maximum absolute atomic E-state index is 7.11. The first-order chi connectivity index (χ1) is 19.4. The van der Waals surface area contributed by atoms with Crippen molar-refractivity contribution < 1.29 is 4.42 Å². The molecule has 1 atom stereocenters. The zero-order chi connectivity index (χ0) is 30.1. The van der Waals surface area contributed by atoms with E-state index in [2.05, 4.69) is 111 Å². The molecule has 0 saturated heterocycles. The van der Waals surface area contributed by atoms with Crippen LogP contribution in [0, 0.1) is 55.4 Å². The second-order valence-electron chi connectivity index (χ2n) is 12.5. The molecular formula is C36H46B2N2O. The maximum atomic E-state index is 7.11. The Morgan fingerprint density at radius 2 is 1.15 bits per heavy atom. The van der Waals surface area contributed by atoms with Crippen molar-refractivity contribution in [3.8, 4) is 11.5 Å². The van der Waals surface area contributed by atoms with Gasteiger partial charge >= 0.3 is 6.71 Å². The first kappa shape index (κ1) is 30.9. The van der Waals surface area contributed by atoms with Crippen molar-refractivity contribution in [2.45, 2.75) is 107 Å². The van der Waals surface area contributed by atoms with E-state index in [0.29, 0.717) is 11.7 Å². The number of unbranched alkanes of at least 4 members (excludes halogenated alkanes) is 1. The molecule has 0 aliphatic carbocycles. The Bertz CT molecular complexity index is 1430. The van der Waals surface area contributed by atoms with Crippen molar-refractivity contribution in [1.82, 2.24) is 10.2 Å². The predicted molar refractivity (Wildman–Crippen MR) is 177 cm³/mol. The molecule has 0 aliphatic rings. The lowest BCUT2D eigenvalue weighted by Crippen LogP contribution is -2.56. The molecule has 212 valence electrons. The van der Waals surface area contributed by atoms with E-state index < -0.39 is 0 Å². The highest BCUT2D eigenvalue weighted by molar-refractivity contribution is 6.95. The van der Waals surface area contributed by atoms with Crippen molar-refractivity contribution in [3.63, 3.8) is 0 Å². The van der Waals surface area contributed by atoms with Gasteiger partial charge in [0.2, 0.25) is 5.89 Å². The SMILES string of the molecule is [B]C(CCC)(CCCC)c1c(C)cc(-c2nnc(B(c3c(C)cc(C)cc3C)c3c(C)cc(C)cc3C)o2)cc1C. The van der Waals surface area contributed by atoms with Gasteiger partial charge in [0.1, 0.15) is 0 Å². The van der Waals surface area contributed by atoms with Crippen LogP contribution in [0.5, 0.6) is 0 Å². The van der Waals surface area contributed by atoms with E-state index in [-0.39, 0.29) is 12.0 Å². The van der Waals surface area contributed by atoms with E-state index >= 15 is 0 Å². The molecule has 0 spiro atoms. The lowest BCUT2D eigenvalue weighted by molar-refractivity contribution is 0.479. The van der Waals surface area contributed by atoms with Crippen LogP contribution in [0.4, 0.5) is 0 Å². The molecule has 4 rings (SSSR count). The van der Waals surface area contributed by atoms with E-state index in [9.17, 15) is 0 Å². The predicted octanol–water partition coefficient (Wildman–Crippen LogP) is 7.07. The molecule has 5 heteroatoms. The van der Waals surface area contributed by atoms with Crippen LogP contribution in [0.1, 0.15) is 96.0 Å². The van der Waals surface area contributed by atoms with Crippen molar-refractivity contribution >= 4 is 31.3 Å². The van der Waals surface area contributed by atoms with E-state index in [1.54, 1.807) is 0 Å². The Labute approximate surface area is 250 Å². The quantitative estimate of drug-likeness (QED) is 0.201. The topological polar surface area (TPSA) is 38.9 Å². The van der Waals surface area contributed by atoms with Crippen molar-refractivity contribution in [3.05, 3.63) is 86.5 Å². The molecule has 0 aliphatic heterocycles. The average Bonchev–Trinajstić information content (AvgIpc) is 3.35. The second-order valence-corrected chi connectivity index (χ2v) is 12.5. The lowest BCUT2D eigenvalue weighted by atomic mass is 9.37. The molecule has 1 aromatic heterocycles. The zero-order valence-electron chi connectivity index (χ0n) is 27.0. The summed E-state index contributed by atoms with van der Waals surface area (Å²) in [4.78, 5) is 0. The van der Waals surface area contributed by atoms with Crippen molar-refractivity contribution in [2.24, 2.45) is 0 Å². The fourth-order valence-electron chi connectivity index (χ4n) is 7.34. The summed E-state index contributed by atoms with van der Waals surface area (Å²) >= 11 is 0. The molecule has 0 bridgehead atoms. The molecule has 3 aromatic carbocycles. The number of aryl methyl sites for hydroxylation is 8. The molecule has 0 saturated carbocycles. The monoisotopic (exact) mass is 544 g/mol. The standard InChI is InChI=1S/C36H46B2N2O/c1-11-13-15-36(37,14-12-2)31-24(5)20-30(21-25(31)6)34-39-40-35(41-34)38(32-26(7)16-22(3)17-27(32)8)33-28(9)18-23(4)19-29(33)10/h16-21H,11-15H2,1-10H3. The Morgan fingerprint density at radius 1 is 0.659 bits per heavy atom. The van der Waals surface area contributed by atoms with Crippen LogP contribution < -0.4 is 16.7 Å². The number of nitrogens with zero attached hydrogens (tertiary/aromatic N) is 2. The minimum atomic E-state index is -0.316. The fourth-order valence-corrected chi connectivity index (χ4v) is 7.34. The Kier molecular flexibility index (Phi) is 9.36. The third-order valence-electron chi connectivity index (χ3n) is 8.69. The molecule has 41 heavy (non-hydrogen) atoms. The minimum absolute atomic E-state index is 0.144. The van der Waals surface area contributed by atoms with Gasteiger partial charge in [0.05, 0.1) is 7.85 Å². The molecule has 0 fully saturated rings. The Hall–Kier alpha value is -3.07. The number of hydrogen-bond donors (Lipinski definition) is 0. The van der Waals surface area contributed by atoms with Crippen LogP contribution in [0.2, 0.25) is 0 Å². The van der Waals surface area contributed by atoms with Gasteiger partial charge in [-0.15, -0.1) is 10.2 Å². The molecular weight excluding hydrogens is 498 g/mol. The summed E-state index contributed by atoms with van der Waals surface area (Å²) in [7, 11) is 7.11. The number of hydrogen-bond acceptors (Lipinski definition) is 3. The van der Waals surface area contributed by atoms with Gasteiger partial charge in [0.15, 0.2) is 5.79 Å². The van der Waals surface area contributed by atoms with Gasteiger partial charge in [0, 0.05) is 5.56 Å². The van der Waals surface area contributed by atoms with Crippen LogP contribution in [0.3, 0.4) is 0 Å². The van der Waals surface area contributed by atoms with Crippen molar-refractivity contribution in [1.29, 1.82) is 0 Å². The van der Waals surface area contributed by atoms with Gasteiger partial charge in [-0.1, -0.05) is 115 Å². The summed E-state index contributed by atoms with van der Waals surface area (Å²) in [6, 6.07) is 13.4. The van der Waals surface area contributed by atoms with Crippen molar-refractivity contribution in [2.75, 3.05) is 0 Å². The summed E-state index contributed by atoms with van der Waals surface area (Å²) < 4.78 is 6.62. The average molecular weight is 544 g/mol. The Morgan fingerprint density at radius 3 is 1.59 bits per heavy atom. The van der Waals surface area contributed by atoms with Gasteiger partial charge in [-0.3, -0.25) is 0 Å². The molecule has 0 N–H and O–H groups in total. The van der Waals surface area contributed by atoms with E-state index in [1.165, 1.54) is 61.0 Å². The summed E-state index contributed by atoms with van der Waals surface area (Å²) in [6.07, 6.45) is 5.30. The first-order valence-electron chi connectivity index (χ1n) is 15.3. The van der Waals surface area contributed by atoms with E-state index in [0.717, 1.165) is 37.7 Å². The first-order valence-corrected chi connectivity index (χ1v) is 15.3. The summed E-state index contributed by atoms with van der Waals surface area (Å²) in [5.41, 5.74) is 14.6. The highest BCUT2D eigenvalue weighted by Crippen LogP contribution is 2.37. The van der Waals surface area contributed by atoms with E-state index in [1.807, 2.05) is 0 Å². The van der Waals surface area contributed by atoms with Crippen LogP contribution in [0.25, 0.3) is 11.5 Å². The largest absolute Gasteiger partial charge is 0.430 e. The number of rotatable bonds is 10. The van der Waals surface area contributed by atoms with Gasteiger partial charge in [-0.25, -0.2) is 0 Å². The third-order valence-corrected chi connectivity index (χ3v) is 8.69. The minimum Gasteiger partial charge on any atom is -0.430 e. The van der Waals surface area contributed by atoms with Gasteiger partial charge < -0.3 is 4.42 Å². The van der Waals surface area contributed by atoms with Gasteiger partial charge in [0.25, 0.3) is 0 Å². The second kappa shape index (κ2) is 12.4. The fraction of sp³-hybridized carbons (Fsp3) is 0.444. The van der Waals surface area contributed by atoms with Crippen LogP contribution >= 0.6 is 0 Å². The maximum Gasteiger partial charge on any atom is 0.316 e. The van der Waals surface area contributed by atoms with Crippen LogP contribution in [-0.4, -0.2) is 24.8 Å². The zero-order valence-corrected chi connectivity index (χ0v) is 27.0. The number of aromatic nitrogens is 2. The molecule has 1 heterocycles. The van der Waals surface area contributed by atoms with Gasteiger partial charge in [-0.2, -0.15) is 0 Å². The lowest BCUT2D eigenvalue weighted by Gasteiger charge is -2.34. The molecule has 4 aromatic rings. The van der Waals surface area contributed by atoms with Crippen LogP contribution in [0.15, 0.2) is 40.8 Å². The molecule has 0 amide bonds. The summed E-state index contributed by atoms with van der Waals surface area (Å²) in [5.74, 6) is 1.19. The van der Waals surface area contributed by atoms with Gasteiger partial charge in [-0.05, 0) is 89.5 Å². The molecule has 1 unspecified atom stereocenters. The normalized spacial score (nSPS) is 12.9. The Balaban J connectivity index is 1.86. The third kappa shape index (κ3) is 6.25. The smallest absolute Gasteiger partial charge is 0.316 e. The highest BCUT2D eigenvalue weighted by Gasteiger charge is 2.34.